The van der Waals surface area contributed by atoms with E-state index in [2.05, 4.69) is 31.4 Å². The molecule has 1 heterocycles. The first-order valence-electron chi connectivity index (χ1n) is 8.32. The van der Waals surface area contributed by atoms with Crippen molar-refractivity contribution in [2.75, 3.05) is 16.9 Å². The number of thioether (sulfide) groups is 1. The van der Waals surface area contributed by atoms with Crippen LogP contribution in [0.2, 0.25) is 0 Å². The summed E-state index contributed by atoms with van der Waals surface area (Å²) < 4.78 is 2.27. The van der Waals surface area contributed by atoms with Crippen LogP contribution in [0.5, 0.6) is 0 Å². The smallest absolute Gasteiger partial charge is 0.234 e. The predicted molar refractivity (Wildman–Crippen MR) is 113 cm³/mol. The predicted octanol–water partition coefficient (Wildman–Crippen LogP) is 4.08. The van der Waals surface area contributed by atoms with Gasteiger partial charge in [-0.05, 0) is 66.0 Å². The lowest BCUT2D eigenvalue weighted by Crippen LogP contribution is -2.17. The zero-order valence-corrected chi connectivity index (χ0v) is 17.7. The van der Waals surface area contributed by atoms with E-state index >= 15 is 0 Å². The number of hydrogen-bond donors (Lipinski definition) is 2. The zero-order valence-electron chi connectivity index (χ0n) is 15.3. The molecule has 2 aromatic carbocycles. The third-order valence-electron chi connectivity index (χ3n) is 4.13. The summed E-state index contributed by atoms with van der Waals surface area (Å²) >= 11 is 4.73. The van der Waals surface area contributed by atoms with Gasteiger partial charge in [0, 0.05) is 10.0 Å². The molecule has 140 valence electrons. The van der Waals surface area contributed by atoms with E-state index in [1.807, 2.05) is 57.2 Å². The summed E-state index contributed by atoms with van der Waals surface area (Å²) in [6, 6.07) is 11.8. The highest BCUT2D eigenvalue weighted by molar-refractivity contribution is 9.10. The monoisotopic (exact) mass is 445 g/mol. The number of nitrogen functional groups attached to an aromatic ring is 1. The molecule has 0 atom stereocenters. The number of aryl methyl sites for hydroxylation is 3. The van der Waals surface area contributed by atoms with Crippen molar-refractivity contribution in [1.29, 1.82) is 0 Å². The van der Waals surface area contributed by atoms with Crippen molar-refractivity contribution in [3.63, 3.8) is 0 Å². The highest BCUT2D eigenvalue weighted by Gasteiger charge is 2.14. The van der Waals surface area contributed by atoms with Crippen molar-refractivity contribution in [3.05, 3.63) is 57.6 Å². The number of nitrogens with zero attached hydrogens (tertiary/aromatic N) is 3. The number of nitrogens with one attached hydrogen (secondary N) is 1. The summed E-state index contributed by atoms with van der Waals surface area (Å²) in [6.45, 7) is 6.04. The first-order chi connectivity index (χ1) is 12.8. The Hall–Kier alpha value is -2.32. The van der Waals surface area contributed by atoms with Crippen molar-refractivity contribution in [2.24, 2.45) is 0 Å². The molecule has 3 N–H and O–H groups in total. The number of anilines is 1. The molecule has 0 aliphatic heterocycles. The fraction of sp³-hybridized carbons (Fsp3) is 0.211. The Morgan fingerprint density at radius 2 is 1.93 bits per heavy atom. The molecule has 0 aliphatic carbocycles. The maximum Gasteiger partial charge on any atom is 0.234 e. The van der Waals surface area contributed by atoms with Crippen LogP contribution in [0.1, 0.15) is 16.7 Å². The van der Waals surface area contributed by atoms with Crippen LogP contribution in [0.25, 0.3) is 11.4 Å². The molecule has 1 amide bonds. The molecule has 0 spiro atoms. The minimum absolute atomic E-state index is 0.135. The lowest BCUT2D eigenvalue weighted by atomic mass is 10.1. The Bertz CT molecular complexity index is 1000. The van der Waals surface area contributed by atoms with Gasteiger partial charge in [0.05, 0.1) is 11.4 Å². The third-order valence-corrected chi connectivity index (χ3v) is 5.73. The van der Waals surface area contributed by atoms with Crippen LogP contribution in [0.3, 0.4) is 0 Å². The second kappa shape index (κ2) is 8.14. The van der Waals surface area contributed by atoms with Crippen molar-refractivity contribution >= 4 is 39.3 Å². The second-order valence-electron chi connectivity index (χ2n) is 6.30. The van der Waals surface area contributed by atoms with E-state index in [-0.39, 0.29) is 11.7 Å². The van der Waals surface area contributed by atoms with Crippen LogP contribution < -0.4 is 11.2 Å². The van der Waals surface area contributed by atoms with Gasteiger partial charge in [0.15, 0.2) is 5.82 Å². The fourth-order valence-electron chi connectivity index (χ4n) is 2.55. The summed E-state index contributed by atoms with van der Waals surface area (Å²) in [7, 11) is 0. The maximum atomic E-state index is 12.3. The molecule has 0 fully saturated rings. The number of hydrogen-bond acceptors (Lipinski definition) is 5. The van der Waals surface area contributed by atoms with Crippen LogP contribution in [0, 0.1) is 20.8 Å². The zero-order chi connectivity index (χ0) is 19.6. The highest BCUT2D eigenvalue weighted by atomic mass is 79.9. The average Bonchev–Trinajstić information content (AvgIpc) is 2.98. The summed E-state index contributed by atoms with van der Waals surface area (Å²) in [5.74, 6) is 6.73. The first-order valence-corrected chi connectivity index (χ1v) is 10.1. The van der Waals surface area contributed by atoms with Gasteiger partial charge in [-0.1, -0.05) is 35.5 Å². The van der Waals surface area contributed by atoms with Crippen molar-refractivity contribution in [2.45, 2.75) is 25.9 Å². The average molecular weight is 446 g/mol. The van der Waals surface area contributed by atoms with Crippen LogP contribution >= 0.6 is 27.7 Å². The summed E-state index contributed by atoms with van der Waals surface area (Å²) in [6.07, 6.45) is 0. The molecule has 3 rings (SSSR count). The van der Waals surface area contributed by atoms with Gasteiger partial charge in [-0.3, -0.25) is 4.79 Å². The van der Waals surface area contributed by atoms with Crippen LogP contribution in [-0.4, -0.2) is 26.5 Å². The number of nitrogens with two attached hydrogens (primary N) is 1. The first kappa shape index (κ1) is 19.4. The number of aromatic nitrogens is 3. The molecular formula is C19H20BrN5OS. The molecule has 0 aliphatic rings. The Balaban J connectivity index is 1.67. The van der Waals surface area contributed by atoms with Gasteiger partial charge in [-0.15, -0.1) is 10.2 Å². The molecule has 1 aromatic heterocycles. The second-order valence-corrected chi connectivity index (χ2v) is 8.10. The van der Waals surface area contributed by atoms with Crippen molar-refractivity contribution in [1.82, 2.24) is 14.9 Å². The molecule has 27 heavy (non-hydrogen) atoms. The summed E-state index contributed by atoms with van der Waals surface area (Å²) in [4.78, 5) is 12.3. The molecule has 0 bridgehead atoms. The minimum Gasteiger partial charge on any atom is -0.335 e. The third kappa shape index (κ3) is 4.51. The van der Waals surface area contributed by atoms with Gasteiger partial charge >= 0.3 is 0 Å². The van der Waals surface area contributed by atoms with Crippen LogP contribution in [-0.2, 0) is 4.79 Å². The summed E-state index contributed by atoms with van der Waals surface area (Å²) in [5, 5.41) is 11.7. The van der Waals surface area contributed by atoms with Gasteiger partial charge in [0.2, 0.25) is 11.1 Å². The number of benzene rings is 2. The number of carbonyl (C=O) groups is 1. The molecule has 0 radical (unpaired) electrons. The molecule has 3 aromatic rings. The van der Waals surface area contributed by atoms with Crippen molar-refractivity contribution in [3.8, 4) is 11.4 Å². The molecule has 0 unspecified atom stereocenters. The molecule has 8 heteroatoms. The van der Waals surface area contributed by atoms with Gasteiger partial charge in [-0.25, -0.2) is 4.68 Å². The molecule has 0 saturated heterocycles. The van der Waals surface area contributed by atoms with Gasteiger partial charge in [0.1, 0.15) is 0 Å². The molecular weight excluding hydrogens is 426 g/mol. The topological polar surface area (TPSA) is 85.8 Å². The molecule has 0 saturated carbocycles. The highest BCUT2D eigenvalue weighted by Crippen LogP contribution is 2.27. The molecule has 6 nitrogen and oxygen atoms in total. The SMILES string of the molecule is Cc1cccc(-c2nnc(SCC(=O)Nc3cc(C)c(C)cc3Br)n2N)c1. The number of rotatable bonds is 5. The standard InChI is InChI=1S/C19H20BrN5OS/c1-11-5-4-6-14(7-11)18-23-24-19(25(18)21)27-10-17(26)22-16-9-13(3)12(2)8-15(16)20/h4-9H,10,21H2,1-3H3,(H,22,26). The minimum atomic E-state index is -0.135. The fourth-order valence-corrected chi connectivity index (χ4v) is 3.76. The van der Waals surface area contributed by atoms with E-state index in [1.165, 1.54) is 16.4 Å². The van der Waals surface area contributed by atoms with Crippen LogP contribution in [0.4, 0.5) is 5.69 Å². The Morgan fingerprint density at radius 1 is 1.19 bits per heavy atom. The van der Waals surface area contributed by atoms with E-state index in [9.17, 15) is 4.79 Å². The van der Waals surface area contributed by atoms with E-state index < -0.39 is 0 Å². The van der Waals surface area contributed by atoms with Crippen LogP contribution in [0.15, 0.2) is 46.0 Å². The van der Waals surface area contributed by atoms with Gasteiger partial charge < -0.3 is 11.2 Å². The van der Waals surface area contributed by atoms with Gasteiger partial charge in [-0.2, -0.15) is 0 Å². The Labute approximate surface area is 170 Å². The largest absolute Gasteiger partial charge is 0.335 e. The normalized spacial score (nSPS) is 10.8. The Kier molecular flexibility index (Phi) is 5.86. The number of carbonyl (C=O) groups excluding carboxylic acids is 1. The van der Waals surface area contributed by atoms with E-state index in [1.54, 1.807) is 0 Å². The number of halogens is 1. The maximum absolute atomic E-state index is 12.3. The van der Waals surface area contributed by atoms with Crippen molar-refractivity contribution < 1.29 is 4.79 Å². The lowest BCUT2D eigenvalue weighted by molar-refractivity contribution is -0.113. The quantitative estimate of drug-likeness (QED) is 0.456. The van der Waals surface area contributed by atoms with Gasteiger partial charge in [0.25, 0.3) is 0 Å². The Morgan fingerprint density at radius 3 is 2.67 bits per heavy atom. The lowest BCUT2D eigenvalue weighted by Gasteiger charge is -2.10. The summed E-state index contributed by atoms with van der Waals surface area (Å²) in [5.41, 5.74) is 5.03. The van der Waals surface area contributed by atoms with E-state index in [0.717, 1.165) is 32.4 Å². The number of amides is 1. The van der Waals surface area contributed by atoms with E-state index in [4.69, 9.17) is 5.84 Å². The van der Waals surface area contributed by atoms with E-state index in [0.29, 0.717) is 11.0 Å².